The number of piperazine rings is 1. The number of sulfonamides is 1. The van der Waals surface area contributed by atoms with E-state index in [0.717, 1.165) is 32.6 Å². The predicted octanol–water partition coefficient (Wildman–Crippen LogP) is 1.30. The lowest BCUT2D eigenvalue weighted by Crippen LogP contribution is -2.49. The predicted molar refractivity (Wildman–Crippen MR) is 101 cm³/mol. The molecule has 8 nitrogen and oxygen atoms in total. The maximum Gasteiger partial charge on any atom is 0.270 e. The van der Waals surface area contributed by atoms with Crippen molar-refractivity contribution in [1.29, 1.82) is 0 Å². The van der Waals surface area contributed by atoms with Crippen LogP contribution in [0.5, 0.6) is 0 Å². The van der Waals surface area contributed by atoms with E-state index in [-0.39, 0.29) is 29.0 Å². The minimum absolute atomic E-state index is 0. The van der Waals surface area contributed by atoms with Gasteiger partial charge in [0.2, 0.25) is 10.0 Å². The van der Waals surface area contributed by atoms with Crippen LogP contribution in [-0.4, -0.2) is 67.9 Å². The molecule has 0 bridgehead atoms. The zero-order valence-corrected chi connectivity index (χ0v) is 16.6. The van der Waals surface area contributed by atoms with Gasteiger partial charge in [-0.1, -0.05) is 0 Å². The van der Waals surface area contributed by atoms with Gasteiger partial charge in [-0.3, -0.25) is 15.0 Å². The average Bonchev–Trinajstić information content (AvgIpc) is 3.05. The summed E-state index contributed by atoms with van der Waals surface area (Å²) < 4.78 is 27.8. The molecule has 0 radical (unpaired) electrons. The van der Waals surface area contributed by atoms with Gasteiger partial charge in [0.15, 0.2) is 0 Å². The van der Waals surface area contributed by atoms with Crippen LogP contribution in [0.2, 0.25) is 0 Å². The number of hydrogen-bond acceptors (Lipinski definition) is 6. The Hall–Kier alpha value is -1.26. The maximum atomic E-state index is 13.1. The van der Waals surface area contributed by atoms with E-state index < -0.39 is 14.9 Å². The lowest BCUT2D eigenvalue weighted by Gasteiger charge is -2.32. The highest BCUT2D eigenvalue weighted by Gasteiger charge is 2.37. The highest BCUT2D eigenvalue weighted by Crippen LogP contribution is 2.30. The van der Waals surface area contributed by atoms with Crippen molar-refractivity contribution in [2.75, 3.05) is 39.3 Å². The minimum Gasteiger partial charge on any atom is -0.314 e. The molecule has 0 saturated carbocycles. The summed E-state index contributed by atoms with van der Waals surface area (Å²) in [4.78, 5) is 13.0. The van der Waals surface area contributed by atoms with Crippen molar-refractivity contribution < 1.29 is 13.3 Å². The molecule has 0 spiro atoms. The lowest BCUT2D eigenvalue weighted by molar-refractivity contribution is -0.385. The van der Waals surface area contributed by atoms with Crippen molar-refractivity contribution in [2.24, 2.45) is 0 Å². The molecule has 0 aliphatic carbocycles. The van der Waals surface area contributed by atoms with E-state index in [1.54, 1.807) is 13.8 Å². The monoisotopic (exact) mass is 404 g/mol. The van der Waals surface area contributed by atoms with Crippen LogP contribution in [0.15, 0.2) is 17.0 Å². The summed E-state index contributed by atoms with van der Waals surface area (Å²) in [5.41, 5.74) is 0.781. The molecule has 3 rings (SSSR count). The number of nitro benzene ring substituents is 1. The number of nitrogens with one attached hydrogen (secondary N) is 1. The molecule has 1 aromatic carbocycles. The van der Waals surface area contributed by atoms with Crippen molar-refractivity contribution in [3.63, 3.8) is 0 Å². The molecule has 2 aliphatic rings. The normalized spacial score (nSPS) is 22.2. The van der Waals surface area contributed by atoms with Gasteiger partial charge in [0, 0.05) is 57.4 Å². The van der Waals surface area contributed by atoms with Gasteiger partial charge in [0.1, 0.15) is 0 Å². The Morgan fingerprint density at radius 3 is 2.27 bits per heavy atom. The Labute approximate surface area is 160 Å². The third kappa shape index (κ3) is 4.01. The fraction of sp³-hybridized carbons (Fsp3) is 0.625. The summed E-state index contributed by atoms with van der Waals surface area (Å²) in [5, 5.41) is 14.3. The molecule has 1 N–H and O–H groups in total. The molecule has 2 heterocycles. The summed E-state index contributed by atoms with van der Waals surface area (Å²) in [5.74, 6) is 0. The van der Waals surface area contributed by atoms with Gasteiger partial charge < -0.3 is 5.32 Å². The maximum absolute atomic E-state index is 13.1. The van der Waals surface area contributed by atoms with Crippen LogP contribution in [0.3, 0.4) is 0 Å². The molecule has 2 fully saturated rings. The molecule has 0 amide bonds. The molecule has 1 atom stereocenters. The van der Waals surface area contributed by atoms with Crippen molar-refractivity contribution in [1.82, 2.24) is 14.5 Å². The first kappa shape index (κ1) is 21.0. The van der Waals surface area contributed by atoms with Crippen LogP contribution >= 0.6 is 12.4 Å². The Morgan fingerprint density at radius 1 is 1.15 bits per heavy atom. The summed E-state index contributed by atoms with van der Waals surface area (Å²) in [6, 6.07) is 2.92. The second-order valence-electron chi connectivity index (χ2n) is 6.76. The van der Waals surface area contributed by atoms with Crippen LogP contribution in [0.1, 0.15) is 17.5 Å². The Kier molecular flexibility index (Phi) is 6.62. The van der Waals surface area contributed by atoms with E-state index in [9.17, 15) is 18.5 Å². The summed E-state index contributed by atoms with van der Waals surface area (Å²) in [7, 11) is -3.65. The summed E-state index contributed by atoms with van der Waals surface area (Å²) >= 11 is 0. The lowest BCUT2D eigenvalue weighted by atomic mass is 10.1. The van der Waals surface area contributed by atoms with Gasteiger partial charge in [0.25, 0.3) is 5.69 Å². The largest absolute Gasteiger partial charge is 0.314 e. The van der Waals surface area contributed by atoms with Gasteiger partial charge in [-0.15, -0.1) is 12.4 Å². The molecule has 2 saturated heterocycles. The van der Waals surface area contributed by atoms with Crippen molar-refractivity contribution in [2.45, 2.75) is 31.2 Å². The van der Waals surface area contributed by atoms with Crippen LogP contribution in [0, 0.1) is 24.0 Å². The Balaban J connectivity index is 0.00000243. The van der Waals surface area contributed by atoms with Crippen molar-refractivity contribution >= 4 is 28.1 Å². The Bertz CT molecular complexity index is 757. The summed E-state index contributed by atoms with van der Waals surface area (Å²) in [6.45, 7) is 7.97. The molecule has 2 aliphatic heterocycles. The molecule has 1 unspecified atom stereocenters. The minimum atomic E-state index is -3.65. The first-order valence-electron chi connectivity index (χ1n) is 8.51. The van der Waals surface area contributed by atoms with E-state index >= 15 is 0 Å². The second-order valence-corrected chi connectivity index (χ2v) is 8.63. The number of aryl methyl sites for hydroxylation is 2. The molecule has 0 aromatic heterocycles. The van der Waals surface area contributed by atoms with E-state index in [0.29, 0.717) is 24.2 Å². The number of halogens is 1. The van der Waals surface area contributed by atoms with E-state index in [2.05, 4.69) is 10.2 Å². The molecular formula is C16H25ClN4O4S. The highest BCUT2D eigenvalue weighted by atomic mass is 35.5. The first-order chi connectivity index (χ1) is 11.8. The number of nitrogens with zero attached hydrogens (tertiary/aromatic N) is 3. The van der Waals surface area contributed by atoms with Crippen LogP contribution in [-0.2, 0) is 10.0 Å². The zero-order valence-electron chi connectivity index (χ0n) is 15.0. The number of nitro groups is 1. The Morgan fingerprint density at radius 2 is 1.73 bits per heavy atom. The molecule has 26 heavy (non-hydrogen) atoms. The fourth-order valence-corrected chi connectivity index (χ4v) is 5.75. The standard InChI is InChI=1S/C16H24N4O4S.ClH/c1-12-9-15(20(21)22)10-13(2)16(12)25(23,24)19-6-3-14(11-19)18-7-4-17-5-8-18;/h9-10,14,17H,3-8,11H2,1-2H3;1H. The second kappa shape index (κ2) is 8.18. The first-order valence-corrected chi connectivity index (χ1v) is 9.95. The fourth-order valence-electron chi connectivity index (χ4n) is 3.84. The van der Waals surface area contributed by atoms with E-state index in [1.807, 2.05) is 0 Å². The summed E-state index contributed by atoms with van der Waals surface area (Å²) in [6.07, 6.45) is 0.824. The van der Waals surface area contributed by atoms with Gasteiger partial charge in [0.05, 0.1) is 9.82 Å². The SMILES string of the molecule is Cc1cc([N+](=O)[O-])cc(C)c1S(=O)(=O)N1CCC(N2CCNCC2)C1.Cl. The highest BCUT2D eigenvalue weighted by molar-refractivity contribution is 7.89. The van der Waals surface area contributed by atoms with Crippen molar-refractivity contribution in [3.05, 3.63) is 33.4 Å². The smallest absolute Gasteiger partial charge is 0.270 e. The van der Waals surface area contributed by atoms with Gasteiger partial charge >= 0.3 is 0 Å². The van der Waals surface area contributed by atoms with Gasteiger partial charge in [-0.05, 0) is 31.4 Å². The molecule has 146 valence electrons. The molecular weight excluding hydrogens is 380 g/mol. The zero-order chi connectivity index (χ0) is 18.2. The quantitative estimate of drug-likeness (QED) is 0.600. The average molecular weight is 405 g/mol. The number of rotatable bonds is 4. The number of benzene rings is 1. The van der Waals surface area contributed by atoms with Gasteiger partial charge in [-0.2, -0.15) is 4.31 Å². The van der Waals surface area contributed by atoms with Crippen LogP contribution < -0.4 is 5.32 Å². The van der Waals surface area contributed by atoms with E-state index in [1.165, 1.54) is 16.4 Å². The van der Waals surface area contributed by atoms with Crippen molar-refractivity contribution in [3.8, 4) is 0 Å². The topological polar surface area (TPSA) is 95.8 Å². The number of hydrogen-bond donors (Lipinski definition) is 1. The van der Waals surface area contributed by atoms with Crippen LogP contribution in [0.25, 0.3) is 0 Å². The van der Waals surface area contributed by atoms with Crippen LogP contribution in [0.4, 0.5) is 5.69 Å². The third-order valence-electron chi connectivity index (χ3n) is 5.05. The molecule has 10 heteroatoms. The number of non-ortho nitro benzene ring substituents is 1. The molecule has 1 aromatic rings. The van der Waals surface area contributed by atoms with Gasteiger partial charge in [-0.25, -0.2) is 8.42 Å². The third-order valence-corrected chi connectivity index (χ3v) is 7.22. The van der Waals surface area contributed by atoms with E-state index in [4.69, 9.17) is 0 Å².